The van der Waals surface area contributed by atoms with Crippen molar-refractivity contribution >= 4 is 12.1 Å². The van der Waals surface area contributed by atoms with E-state index in [2.05, 4.69) is 0 Å². The number of hydrogen-bond donors (Lipinski definition) is 2. The molecule has 6 nitrogen and oxygen atoms in total. The molecule has 1 heterocycles. The Kier molecular flexibility index (Phi) is 4.54. The van der Waals surface area contributed by atoms with Crippen LogP contribution in [0.3, 0.4) is 0 Å². The second-order valence-electron chi connectivity index (χ2n) is 6.87. The summed E-state index contributed by atoms with van der Waals surface area (Å²) >= 11 is 0. The maximum atomic E-state index is 12.1. The topological polar surface area (TPSA) is 87.1 Å². The molecular formula is C17H23NO5. The number of rotatable bonds is 2. The van der Waals surface area contributed by atoms with Crippen molar-refractivity contribution in [2.24, 2.45) is 0 Å². The standard InChI is InChI=1S/C17H23NO5/c1-16(2,3)23-15(22)18-10-8-17(9-11-18,14(20)21)12-6-4-5-7-13(12)19/h4-7,19H,8-11H2,1-3H3,(H,20,21). The minimum absolute atomic E-state index is 0.0272. The predicted molar refractivity (Wildman–Crippen MR) is 84.5 cm³/mol. The zero-order valence-electron chi connectivity index (χ0n) is 13.7. The van der Waals surface area contributed by atoms with Gasteiger partial charge < -0.3 is 19.8 Å². The van der Waals surface area contributed by atoms with Crippen LogP contribution in [0.25, 0.3) is 0 Å². The SMILES string of the molecule is CC(C)(C)OC(=O)N1CCC(C(=O)O)(c2ccccc2O)CC1. The average Bonchev–Trinajstić information content (AvgIpc) is 2.46. The van der Waals surface area contributed by atoms with Crippen LogP contribution < -0.4 is 0 Å². The fraction of sp³-hybridized carbons (Fsp3) is 0.529. The van der Waals surface area contributed by atoms with Crippen LogP contribution in [0.15, 0.2) is 24.3 Å². The first-order valence-electron chi connectivity index (χ1n) is 7.65. The number of aliphatic carboxylic acids is 1. The van der Waals surface area contributed by atoms with Crippen molar-refractivity contribution in [3.05, 3.63) is 29.8 Å². The molecule has 0 aliphatic carbocycles. The Bertz CT molecular complexity index is 597. The molecule has 0 radical (unpaired) electrons. The number of carbonyl (C=O) groups is 2. The molecule has 1 aromatic carbocycles. The van der Waals surface area contributed by atoms with Crippen LogP contribution in [-0.4, -0.2) is 45.9 Å². The molecule has 1 aliphatic heterocycles. The Morgan fingerprint density at radius 3 is 2.22 bits per heavy atom. The maximum Gasteiger partial charge on any atom is 0.410 e. The Labute approximate surface area is 135 Å². The second kappa shape index (κ2) is 6.10. The van der Waals surface area contributed by atoms with Gasteiger partial charge >= 0.3 is 12.1 Å². The Morgan fingerprint density at radius 2 is 1.74 bits per heavy atom. The van der Waals surface area contributed by atoms with Gasteiger partial charge in [-0.05, 0) is 39.7 Å². The molecule has 1 saturated heterocycles. The number of likely N-dealkylation sites (tertiary alicyclic amines) is 1. The van der Waals surface area contributed by atoms with E-state index in [0.717, 1.165) is 0 Å². The highest BCUT2D eigenvalue weighted by Crippen LogP contribution is 2.40. The minimum Gasteiger partial charge on any atom is -0.508 e. The Balaban J connectivity index is 2.18. The van der Waals surface area contributed by atoms with Crippen molar-refractivity contribution in [3.8, 4) is 5.75 Å². The third-order valence-corrected chi connectivity index (χ3v) is 4.10. The molecule has 2 N–H and O–H groups in total. The van der Waals surface area contributed by atoms with Gasteiger partial charge in [0.2, 0.25) is 0 Å². The van der Waals surface area contributed by atoms with Gasteiger partial charge in [-0.1, -0.05) is 18.2 Å². The first-order valence-corrected chi connectivity index (χ1v) is 7.65. The number of hydrogen-bond acceptors (Lipinski definition) is 4. The third-order valence-electron chi connectivity index (χ3n) is 4.10. The monoisotopic (exact) mass is 321 g/mol. The molecule has 0 spiro atoms. The van der Waals surface area contributed by atoms with Crippen molar-refractivity contribution in [2.45, 2.75) is 44.6 Å². The van der Waals surface area contributed by atoms with Crippen molar-refractivity contribution < 1.29 is 24.5 Å². The number of ether oxygens (including phenoxy) is 1. The number of piperidine rings is 1. The number of phenols is 1. The van der Waals surface area contributed by atoms with Gasteiger partial charge in [-0.25, -0.2) is 4.79 Å². The lowest BCUT2D eigenvalue weighted by Gasteiger charge is -2.39. The van der Waals surface area contributed by atoms with Gasteiger partial charge in [0.25, 0.3) is 0 Å². The fourth-order valence-electron chi connectivity index (χ4n) is 2.87. The van der Waals surface area contributed by atoms with Crippen LogP contribution in [0.5, 0.6) is 5.75 Å². The molecule has 0 atom stereocenters. The molecule has 0 aromatic heterocycles. The molecular weight excluding hydrogens is 298 g/mol. The van der Waals surface area contributed by atoms with Gasteiger partial charge in [0, 0.05) is 18.7 Å². The van der Waals surface area contributed by atoms with Gasteiger partial charge in [-0.15, -0.1) is 0 Å². The van der Waals surface area contributed by atoms with Gasteiger partial charge in [-0.3, -0.25) is 4.79 Å². The lowest BCUT2D eigenvalue weighted by Crippen LogP contribution is -2.50. The highest BCUT2D eigenvalue weighted by Gasteiger charge is 2.45. The number of carboxylic acid groups (broad SMARTS) is 1. The van der Waals surface area contributed by atoms with Crippen LogP contribution >= 0.6 is 0 Å². The number of carbonyl (C=O) groups excluding carboxylic acids is 1. The highest BCUT2D eigenvalue weighted by atomic mass is 16.6. The first kappa shape index (κ1) is 17.1. The lowest BCUT2D eigenvalue weighted by molar-refractivity contribution is -0.146. The zero-order chi connectivity index (χ0) is 17.3. The van der Waals surface area contributed by atoms with Crippen molar-refractivity contribution in [1.82, 2.24) is 4.90 Å². The summed E-state index contributed by atoms with van der Waals surface area (Å²) in [5.41, 5.74) is -1.36. The van der Waals surface area contributed by atoms with Crippen molar-refractivity contribution in [1.29, 1.82) is 0 Å². The first-order chi connectivity index (χ1) is 10.7. The van der Waals surface area contributed by atoms with Gasteiger partial charge in [0.1, 0.15) is 11.4 Å². The van der Waals surface area contributed by atoms with E-state index < -0.39 is 23.1 Å². The van der Waals surface area contributed by atoms with E-state index in [-0.39, 0.29) is 31.7 Å². The van der Waals surface area contributed by atoms with Crippen LogP contribution in [0.1, 0.15) is 39.2 Å². The van der Waals surface area contributed by atoms with Crippen LogP contribution in [0.4, 0.5) is 4.79 Å². The molecule has 2 rings (SSSR count). The van der Waals surface area contributed by atoms with Crippen molar-refractivity contribution in [2.75, 3.05) is 13.1 Å². The summed E-state index contributed by atoms with van der Waals surface area (Å²) in [6.45, 7) is 5.92. The van der Waals surface area contributed by atoms with Crippen molar-refractivity contribution in [3.63, 3.8) is 0 Å². The smallest absolute Gasteiger partial charge is 0.410 e. The quantitative estimate of drug-likeness (QED) is 0.874. The van der Waals surface area contributed by atoms with Crippen LogP contribution in [-0.2, 0) is 14.9 Å². The number of nitrogens with zero attached hydrogens (tertiary/aromatic N) is 1. The normalized spacial score (nSPS) is 17.6. The predicted octanol–water partition coefficient (Wildman–Crippen LogP) is 2.75. The number of benzene rings is 1. The molecule has 0 unspecified atom stereocenters. The van der Waals surface area contributed by atoms with Crippen LogP contribution in [0.2, 0.25) is 0 Å². The van der Waals surface area contributed by atoms with Gasteiger partial charge in [0.15, 0.2) is 0 Å². The molecule has 23 heavy (non-hydrogen) atoms. The third kappa shape index (κ3) is 3.57. The van der Waals surface area contributed by atoms with Gasteiger partial charge in [0.05, 0.1) is 5.41 Å². The second-order valence-corrected chi connectivity index (χ2v) is 6.87. The van der Waals surface area contributed by atoms with E-state index in [9.17, 15) is 19.8 Å². The molecule has 6 heteroatoms. The Morgan fingerprint density at radius 1 is 1.17 bits per heavy atom. The van der Waals surface area contributed by atoms with E-state index >= 15 is 0 Å². The number of carboxylic acids is 1. The number of para-hydroxylation sites is 1. The number of aromatic hydroxyl groups is 1. The molecule has 1 aromatic rings. The average molecular weight is 321 g/mol. The largest absolute Gasteiger partial charge is 0.508 e. The number of amides is 1. The summed E-state index contributed by atoms with van der Waals surface area (Å²) in [6, 6.07) is 6.48. The maximum absolute atomic E-state index is 12.1. The summed E-state index contributed by atoms with van der Waals surface area (Å²) in [4.78, 5) is 25.5. The fourth-order valence-corrected chi connectivity index (χ4v) is 2.87. The van der Waals surface area contributed by atoms with Crippen LogP contribution in [0, 0.1) is 0 Å². The Hall–Kier alpha value is -2.24. The molecule has 1 fully saturated rings. The lowest BCUT2D eigenvalue weighted by atomic mass is 9.72. The minimum atomic E-state index is -1.18. The zero-order valence-corrected chi connectivity index (χ0v) is 13.7. The summed E-state index contributed by atoms with van der Waals surface area (Å²) < 4.78 is 5.33. The summed E-state index contributed by atoms with van der Waals surface area (Å²) in [5.74, 6) is -1.01. The molecule has 0 saturated carbocycles. The van der Waals surface area contributed by atoms with E-state index in [1.54, 1.807) is 39.0 Å². The molecule has 1 aliphatic rings. The van der Waals surface area contributed by atoms with E-state index in [0.29, 0.717) is 5.56 Å². The van der Waals surface area contributed by atoms with E-state index in [1.165, 1.54) is 11.0 Å². The summed E-state index contributed by atoms with van der Waals surface area (Å²) in [5, 5.41) is 19.8. The number of phenolic OH excluding ortho intramolecular Hbond substituents is 1. The van der Waals surface area contributed by atoms with E-state index in [4.69, 9.17) is 4.74 Å². The highest BCUT2D eigenvalue weighted by molar-refractivity contribution is 5.83. The van der Waals surface area contributed by atoms with E-state index in [1.807, 2.05) is 0 Å². The summed E-state index contributed by atoms with van der Waals surface area (Å²) in [6.07, 6.45) is 0.0342. The summed E-state index contributed by atoms with van der Waals surface area (Å²) in [7, 11) is 0. The van der Waals surface area contributed by atoms with Gasteiger partial charge in [-0.2, -0.15) is 0 Å². The molecule has 126 valence electrons. The molecule has 1 amide bonds. The molecule has 0 bridgehead atoms.